The molecule has 17 heavy (non-hydrogen) atoms. The van der Waals surface area contributed by atoms with Crippen LogP contribution in [0.3, 0.4) is 0 Å². The van der Waals surface area contributed by atoms with E-state index >= 15 is 0 Å². The smallest absolute Gasteiger partial charge is 0.256 e. The van der Waals surface area contributed by atoms with Gasteiger partial charge < -0.3 is 16.0 Å². The number of nitrogen functional groups attached to an aromatic ring is 1. The molecule has 4 N–H and O–H groups in total. The lowest BCUT2D eigenvalue weighted by molar-refractivity contribution is 0.100. The molecule has 0 bridgehead atoms. The van der Waals surface area contributed by atoms with Gasteiger partial charge in [0.1, 0.15) is 11.3 Å². The van der Waals surface area contributed by atoms with Crippen molar-refractivity contribution in [3.63, 3.8) is 0 Å². The van der Waals surface area contributed by atoms with Crippen molar-refractivity contribution in [1.82, 2.24) is 5.16 Å². The predicted octanol–water partition coefficient (Wildman–Crippen LogP) is 1.64. The largest absolute Gasteiger partial charge is 0.367 e. The highest BCUT2D eigenvalue weighted by Crippen LogP contribution is 2.27. The van der Waals surface area contributed by atoms with Crippen molar-refractivity contribution in [2.24, 2.45) is 5.73 Å². The summed E-state index contributed by atoms with van der Waals surface area (Å²) in [6, 6.07) is 5.71. The second-order valence-corrected chi connectivity index (χ2v) is 3.93. The van der Waals surface area contributed by atoms with Crippen molar-refractivity contribution in [3.05, 3.63) is 34.9 Å². The first-order chi connectivity index (χ1) is 8.00. The van der Waals surface area contributed by atoms with Gasteiger partial charge in [0, 0.05) is 5.56 Å². The number of aromatic nitrogens is 1. The number of nitrogens with two attached hydrogens (primary N) is 2. The van der Waals surface area contributed by atoms with Crippen molar-refractivity contribution < 1.29 is 9.32 Å². The van der Waals surface area contributed by atoms with Gasteiger partial charge in [-0.25, -0.2) is 0 Å². The normalized spacial score (nSPS) is 10.5. The third-order valence-corrected chi connectivity index (χ3v) is 2.75. The van der Waals surface area contributed by atoms with Gasteiger partial charge in [0.2, 0.25) is 5.88 Å². The van der Waals surface area contributed by atoms with Crippen LogP contribution in [0.5, 0.6) is 0 Å². The average Bonchev–Trinajstić information content (AvgIpc) is 2.64. The summed E-state index contributed by atoms with van der Waals surface area (Å²) in [6.07, 6.45) is 0. The van der Waals surface area contributed by atoms with Crippen LogP contribution in [0.1, 0.15) is 21.5 Å². The molecule has 1 aromatic carbocycles. The van der Waals surface area contributed by atoms with Crippen LogP contribution in [0.25, 0.3) is 11.3 Å². The van der Waals surface area contributed by atoms with Crippen molar-refractivity contribution in [2.75, 3.05) is 5.73 Å². The Morgan fingerprint density at radius 3 is 2.59 bits per heavy atom. The molecule has 0 radical (unpaired) electrons. The fraction of sp³-hybridized carbons (Fsp3) is 0.167. The Hall–Kier alpha value is -2.30. The van der Waals surface area contributed by atoms with Crippen molar-refractivity contribution in [3.8, 4) is 11.3 Å². The van der Waals surface area contributed by atoms with E-state index in [2.05, 4.69) is 5.16 Å². The van der Waals surface area contributed by atoms with Gasteiger partial charge in [-0.15, -0.1) is 0 Å². The summed E-state index contributed by atoms with van der Waals surface area (Å²) in [5.41, 5.74) is 14.3. The Morgan fingerprint density at radius 2 is 2.00 bits per heavy atom. The second-order valence-electron chi connectivity index (χ2n) is 3.93. The molecule has 0 aliphatic heterocycles. The third-order valence-electron chi connectivity index (χ3n) is 2.75. The lowest BCUT2D eigenvalue weighted by Crippen LogP contribution is -2.13. The maximum Gasteiger partial charge on any atom is 0.256 e. The summed E-state index contributed by atoms with van der Waals surface area (Å²) >= 11 is 0. The van der Waals surface area contributed by atoms with E-state index in [-0.39, 0.29) is 11.4 Å². The first-order valence-electron chi connectivity index (χ1n) is 5.13. The van der Waals surface area contributed by atoms with Gasteiger partial charge in [0.05, 0.1) is 0 Å². The molecule has 5 heteroatoms. The van der Waals surface area contributed by atoms with Gasteiger partial charge in [-0.3, -0.25) is 4.79 Å². The molecule has 0 unspecified atom stereocenters. The Labute approximate surface area is 98.4 Å². The monoisotopic (exact) mass is 231 g/mol. The van der Waals surface area contributed by atoms with Crippen molar-refractivity contribution in [1.29, 1.82) is 0 Å². The summed E-state index contributed by atoms with van der Waals surface area (Å²) in [5.74, 6) is -0.692. The Morgan fingerprint density at radius 1 is 1.29 bits per heavy atom. The van der Waals surface area contributed by atoms with Gasteiger partial charge in [-0.05, 0) is 31.0 Å². The second kappa shape index (κ2) is 3.93. The number of carbonyl (C=O) groups is 1. The first kappa shape index (κ1) is 11.2. The Bertz CT molecular complexity index is 587. The molecule has 1 aromatic heterocycles. The molecule has 0 aliphatic rings. The number of rotatable bonds is 2. The van der Waals surface area contributed by atoms with Gasteiger partial charge in [-0.2, -0.15) is 0 Å². The molecule has 2 aromatic rings. The van der Waals surface area contributed by atoms with E-state index in [0.29, 0.717) is 5.69 Å². The summed E-state index contributed by atoms with van der Waals surface area (Å²) in [4.78, 5) is 11.3. The molecule has 0 saturated heterocycles. The van der Waals surface area contributed by atoms with Gasteiger partial charge in [0.15, 0.2) is 0 Å². The van der Waals surface area contributed by atoms with E-state index in [1.165, 1.54) is 0 Å². The van der Waals surface area contributed by atoms with E-state index in [1.54, 1.807) is 0 Å². The summed E-state index contributed by atoms with van der Waals surface area (Å²) in [6.45, 7) is 3.98. The SMILES string of the molecule is Cc1ccc(-c2noc(N)c2C(N)=O)cc1C. The summed E-state index contributed by atoms with van der Waals surface area (Å²) < 4.78 is 4.81. The Balaban J connectivity index is 2.60. The average molecular weight is 231 g/mol. The minimum absolute atomic E-state index is 0.0503. The molecular weight excluding hydrogens is 218 g/mol. The maximum absolute atomic E-state index is 11.3. The minimum atomic E-state index is -0.642. The van der Waals surface area contributed by atoms with E-state index < -0.39 is 5.91 Å². The number of anilines is 1. The molecule has 0 aliphatic carbocycles. The predicted molar refractivity (Wildman–Crippen MR) is 64.3 cm³/mol. The van der Waals surface area contributed by atoms with Crippen LogP contribution in [0.2, 0.25) is 0 Å². The maximum atomic E-state index is 11.3. The fourth-order valence-electron chi connectivity index (χ4n) is 1.63. The number of carbonyl (C=O) groups excluding carboxylic acids is 1. The van der Waals surface area contributed by atoms with Crippen LogP contribution in [-0.4, -0.2) is 11.1 Å². The third kappa shape index (κ3) is 1.87. The number of aryl methyl sites for hydroxylation is 2. The van der Waals surface area contributed by atoms with Crippen LogP contribution in [0.15, 0.2) is 22.7 Å². The molecule has 5 nitrogen and oxygen atoms in total. The molecule has 1 amide bonds. The van der Waals surface area contributed by atoms with Crippen molar-refractivity contribution in [2.45, 2.75) is 13.8 Å². The van der Waals surface area contributed by atoms with E-state index in [0.717, 1.165) is 16.7 Å². The standard InChI is InChI=1S/C12H13N3O2/c1-6-3-4-8(5-7(6)2)10-9(11(13)16)12(14)17-15-10/h3-5H,14H2,1-2H3,(H2,13,16). The van der Waals surface area contributed by atoms with Gasteiger partial charge in [0.25, 0.3) is 5.91 Å². The molecule has 88 valence electrons. The molecule has 1 heterocycles. The zero-order chi connectivity index (χ0) is 12.6. The highest BCUT2D eigenvalue weighted by atomic mass is 16.5. The highest BCUT2D eigenvalue weighted by Gasteiger charge is 2.20. The van der Waals surface area contributed by atoms with Crippen LogP contribution >= 0.6 is 0 Å². The lowest BCUT2D eigenvalue weighted by atomic mass is 10.0. The van der Waals surface area contributed by atoms with E-state index in [1.807, 2.05) is 32.0 Å². The topological polar surface area (TPSA) is 95.1 Å². The number of benzene rings is 1. The number of primary amides is 1. The summed E-state index contributed by atoms with van der Waals surface area (Å²) in [7, 11) is 0. The zero-order valence-electron chi connectivity index (χ0n) is 9.65. The van der Waals surface area contributed by atoms with Crippen LogP contribution in [0.4, 0.5) is 5.88 Å². The number of hydrogen-bond donors (Lipinski definition) is 2. The molecule has 2 rings (SSSR count). The highest BCUT2D eigenvalue weighted by molar-refractivity contribution is 6.02. The summed E-state index contributed by atoms with van der Waals surface area (Å²) in [5, 5.41) is 3.78. The molecular formula is C12H13N3O2. The molecule has 0 spiro atoms. The van der Waals surface area contributed by atoms with Crippen molar-refractivity contribution >= 4 is 11.8 Å². The molecule has 0 atom stereocenters. The fourth-order valence-corrected chi connectivity index (χ4v) is 1.63. The number of nitrogens with zero attached hydrogens (tertiary/aromatic N) is 1. The van der Waals surface area contributed by atoms with Gasteiger partial charge in [-0.1, -0.05) is 17.3 Å². The first-order valence-corrected chi connectivity index (χ1v) is 5.13. The van der Waals surface area contributed by atoms with Crippen LogP contribution < -0.4 is 11.5 Å². The van der Waals surface area contributed by atoms with E-state index in [9.17, 15) is 4.79 Å². The minimum Gasteiger partial charge on any atom is -0.367 e. The lowest BCUT2D eigenvalue weighted by Gasteiger charge is -2.03. The van der Waals surface area contributed by atoms with Crippen LogP contribution in [0, 0.1) is 13.8 Å². The number of amides is 1. The molecule has 0 saturated carbocycles. The molecule has 0 fully saturated rings. The van der Waals surface area contributed by atoms with Crippen LogP contribution in [-0.2, 0) is 0 Å². The van der Waals surface area contributed by atoms with E-state index in [4.69, 9.17) is 16.0 Å². The van der Waals surface area contributed by atoms with Gasteiger partial charge >= 0.3 is 0 Å². The zero-order valence-corrected chi connectivity index (χ0v) is 9.65. The quantitative estimate of drug-likeness (QED) is 0.821. The number of hydrogen-bond acceptors (Lipinski definition) is 4. The Kier molecular flexibility index (Phi) is 2.59.